The molecule has 0 aromatic carbocycles. The summed E-state index contributed by atoms with van der Waals surface area (Å²) in [5.41, 5.74) is 1.03. The zero-order valence-electron chi connectivity index (χ0n) is 11.8. The molecule has 1 aliphatic heterocycles. The standard InChI is InChI=1S/C12H17N5O4S/c1-22-5-16-10-7-11(14-3-13-10)17(4-15-7)12-9(20)8(19)6(2-18)21-12/h3-4,6,8-9,12,18-20H,2,5H2,1H3,(H,13,14,16)/t6-,8-,9-,12-/m1/s1. The summed E-state index contributed by atoms with van der Waals surface area (Å²) >= 11 is 1.61. The maximum atomic E-state index is 10.1. The number of rotatable bonds is 5. The summed E-state index contributed by atoms with van der Waals surface area (Å²) in [6.07, 6.45) is 0.793. The molecule has 0 amide bonds. The zero-order valence-corrected chi connectivity index (χ0v) is 12.6. The number of aliphatic hydroxyl groups excluding tert-OH is 3. The summed E-state index contributed by atoms with van der Waals surface area (Å²) in [6, 6.07) is 0. The highest BCUT2D eigenvalue weighted by molar-refractivity contribution is 7.98. The summed E-state index contributed by atoms with van der Waals surface area (Å²) in [5.74, 6) is 1.26. The second-order valence-electron chi connectivity index (χ2n) is 4.88. The Hall–Kier alpha value is -1.46. The van der Waals surface area contributed by atoms with E-state index in [1.165, 1.54) is 17.2 Å². The van der Waals surface area contributed by atoms with Crippen LogP contribution in [0.25, 0.3) is 11.2 Å². The van der Waals surface area contributed by atoms with Gasteiger partial charge in [-0.15, -0.1) is 11.8 Å². The quantitative estimate of drug-likeness (QED) is 0.521. The highest BCUT2D eigenvalue weighted by atomic mass is 32.2. The Morgan fingerprint density at radius 2 is 2.14 bits per heavy atom. The lowest BCUT2D eigenvalue weighted by atomic mass is 10.1. The third-order valence-electron chi connectivity index (χ3n) is 3.53. The molecule has 120 valence electrons. The Morgan fingerprint density at radius 1 is 1.32 bits per heavy atom. The van der Waals surface area contributed by atoms with Crippen molar-refractivity contribution in [3.05, 3.63) is 12.7 Å². The topological polar surface area (TPSA) is 126 Å². The van der Waals surface area contributed by atoms with Crippen LogP contribution in [0.2, 0.25) is 0 Å². The minimum atomic E-state index is -1.17. The molecule has 0 aliphatic carbocycles. The van der Waals surface area contributed by atoms with Gasteiger partial charge in [0, 0.05) is 0 Å². The van der Waals surface area contributed by atoms with Crippen LogP contribution in [-0.2, 0) is 4.74 Å². The van der Waals surface area contributed by atoms with Crippen LogP contribution >= 0.6 is 11.8 Å². The van der Waals surface area contributed by atoms with Crippen molar-refractivity contribution >= 4 is 28.7 Å². The van der Waals surface area contributed by atoms with Gasteiger partial charge >= 0.3 is 0 Å². The number of fused-ring (bicyclic) bond motifs is 1. The summed E-state index contributed by atoms with van der Waals surface area (Å²) < 4.78 is 7.03. The van der Waals surface area contributed by atoms with Gasteiger partial charge in [0.2, 0.25) is 0 Å². The maximum absolute atomic E-state index is 10.1. The molecule has 0 bridgehead atoms. The Kier molecular flexibility index (Phi) is 4.45. The predicted molar refractivity (Wildman–Crippen MR) is 80.3 cm³/mol. The van der Waals surface area contributed by atoms with Crippen LogP contribution < -0.4 is 5.32 Å². The van der Waals surface area contributed by atoms with Crippen molar-refractivity contribution in [2.45, 2.75) is 24.5 Å². The van der Waals surface area contributed by atoms with E-state index in [0.29, 0.717) is 22.9 Å². The summed E-state index contributed by atoms with van der Waals surface area (Å²) in [7, 11) is 0. The van der Waals surface area contributed by atoms with E-state index < -0.39 is 24.5 Å². The molecular weight excluding hydrogens is 310 g/mol. The van der Waals surface area contributed by atoms with Gasteiger partial charge < -0.3 is 25.4 Å². The number of aliphatic hydroxyl groups is 3. The fourth-order valence-corrected chi connectivity index (χ4v) is 2.70. The molecule has 9 nitrogen and oxygen atoms in total. The van der Waals surface area contributed by atoms with E-state index in [-0.39, 0.29) is 6.61 Å². The molecule has 22 heavy (non-hydrogen) atoms. The Morgan fingerprint density at radius 3 is 2.82 bits per heavy atom. The number of ether oxygens (including phenoxy) is 1. The SMILES string of the molecule is CSCNc1ncnc2c1ncn2[C@@H]1O[C@H](CO)[C@@H](O)[C@H]1O. The first-order valence-corrected chi connectivity index (χ1v) is 8.09. The van der Waals surface area contributed by atoms with Gasteiger partial charge in [-0.05, 0) is 6.26 Å². The first-order chi connectivity index (χ1) is 10.7. The minimum Gasteiger partial charge on any atom is -0.394 e. The van der Waals surface area contributed by atoms with Gasteiger partial charge in [0.1, 0.15) is 24.6 Å². The van der Waals surface area contributed by atoms with Gasteiger partial charge in [0.15, 0.2) is 23.2 Å². The average Bonchev–Trinajstić information content (AvgIpc) is 3.08. The molecule has 0 radical (unpaired) electrons. The molecule has 3 rings (SSSR count). The fourth-order valence-electron chi connectivity index (χ4n) is 2.42. The molecule has 0 saturated carbocycles. The normalized spacial score (nSPS) is 28.4. The summed E-state index contributed by atoms with van der Waals surface area (Å²) in [5, 5.41) is 32.2. The molecule has 3 heterocycles. The Labute approximate surface area is 130 Å². The smallest absolute Gasteiger partial charge is 0.167 e. The molecule has 0 unspecified atom stereocenters. The number of nitrogens with zero attached hydrogens (tertiary/aromatic N) is 4. The molecule has 1 aliphatic rings. The summed E-state index contributed by atoms with van der Waals surface area (Å²) in [6.45, 7) is -0.378. The number of anilines is 1. The van der Waals surface area contributed by atoms with Gasteiger partial charge in [-0.2, -0.15) is 0 Å². The molecule has 0 spiro atoms. The minimum absolute atomic E-state index is 0.378. The maximum Gasteiger partial charge on any atom is 0.167 e. The van der Waals surface area contributed by atoms with Gasteiger partial charge in [-0.3, -0.25) is 4.57 Å². The van der Waals surface area contributed by atoms with Crippen molar-refractivity contribution in [3.63, 3.8) is 0 Å². The van der Waals surface area contributed by atoms with Crippen molar-refractivity contribution < 1.29 is 20.1 Å². The number of imidazole rings is 1. The lowest BCUT2D eigenvalue weighted by Crippen LogP contribution is -2.33. The second kappa shape index (κ2) is 6.34. The van der Waals surface area contributed by atoms with Crippen LogP contribution in [0.3, 0.4) is 0 Å². The molecule has 10 heteroatoms. The molecule has 4 atom stereocenters. The first kappa shape index (κ1) is 15.4. The molecule has 2 aromatic rings. The van der Waals surface area contributed by atoms with Gasteiger partial charge in [-0.25, -0.2) is 15.0 Å². The number of thioether (sulfide) groups is 1. The fraction of sp³-hybridized carbons (Fsp3) is 0.583. The monoisotopic (exact) mass is 327 g/mol. The number of nitrogens with one attached hydrogen (secondary N) is 1. The molecule has 4 N–H and O–H groups in total. The third-order valence-corrected chi connectivity index (χ3v) is 3.97. The van der Waals surface area contributed by atoms with E-state index in [1.54, 1.807) is 11.8 Å². The van der Waals surface area contributed by atoms with E-state index >= 15 is 0 Å². The summed E-state index contributed by atoms with van der Waals surface area (Å²) in [4.78, 5) is 12.6. The van der Waals surface area contributed by atoms with Crippen LogP contribution in [-0.4, -0.2) is 71.9 Å². The number of hydrogen-bond donors (Lipinski definition) is 4. The molecule has 1 saturated heterocycles. The van der Waals surface area contributed by atoms with Crippen molar-refractivity contribution in [1.82, 2.24) is 19.5 Å². The number of hydrogen-bond acceptors (Lipinski definition) is 9. The van der Waals surface area contributed by atoms with Crippen LogP contribution in [0.1, 0.15) is 6.23 Å². The Balaban J connectivity index is 1.95. The second-order valence-corrected chi connectivity index (χ2v) is 5.75. The van der Waals surface area contributed by atoms with Crippen molar-refractivity contribution in [3.8, 4) is 0 Å². The third kappa shape index (κ3) is 2.52. The highest BCUT2D eigenvalue weighted by Gasteiger charge is 2.43. The van der Waals surface area contributed by atoms with Crippen LogP contribution in [0.5, 0.6) is 0 Å². The highest BCUT2D eigenvalue weighted by Crippen LogP contribution is 2.32. The van der Waals surface area contributed by atoms with Gasteiger partial charge in [0.05, 0.1) is 18.8 Å². The van der Waals surface area contributed by atoms with Crippen LogP contribution in [0, 0.1) is 0 Å². The molecule has 1 fully saturated rings. The van der Waals surface area contributed by atoms with E-state index in [1.807, 2.05) is 6.26 Å². The number of aromatic nitrogens is 4. The van der Waals surface area contributed by atoms with Crippen LogP contribution in [0.15, 0.2) is 12.7 Å². The molecular formula is C12H17N5O4S. The van der Waals surface area contributed by atoms with E-state index in [0.717, 1.165) is 0 Å². The van der Waals surface area contributed by atoms with E-state index in [9.17, 15) is 10.2 Å². The largest absolute Gasteiger partial charge is 0.394 e. The molecule has 2 aromatic heterocycles. The van der Waals surface area contributed by atoms with Gasteiger partial charge in [0.25, 0.3) is 0 Å². The van der Waals surface area contributed by atoms with Gasteiger partial charge in [-0.1, -0.05) is 0 Å². The lowest BCUT2D eigenvalue weighted by Gasteiger charge is -2.16. The zero-order chi connectivity index (χ0) is 15.7. The van der Waals surface area contributed by atoms with E-state index in [2.05, 4.69) is 20.3 Å². The van der Waals surface area contributed by atoms with Crippen molar-refractivity contribution in [2.75, 3.05) is 24.1 Å². The lowest BCUT2D eigenvalue weighted by molar-refractivity contribution is -0.0511. The van der Waals surface area contributed by atoms with Crippen molar-refractivity contribution in [1.29, 1.82) is 0 Å². The Bertz CT molecular complexity index is 653. The van der Waals surface area contributed by atoms with Crippen LogP contribution in [0.4, 0.5) is 5.82 Å². The predicted octanol–water partition coefficient (Wildman–Crippen LogP) is -0.830. The van der Waals surface area contributed by atoms with Crippen molar-refractivity contribution in [2.24, 2.45) is 0 Å². The first-order valence-electron chi connectivity index (χ1n) is 6.70. The average molecular weight is 327 g/mol. The van der Waals surface area contributed by atoms with E-state index in [4.69, 9.17) is 9.84 Å².